The zero-order valence-electron chi connectivity index (χ0n) is 16.9. The van der Waals surface area contributed by atoms with Crippen LogP contribution in [0.1, 0.15) is 18.5 Å². The van der Waals surface area contributed by atoms with Gasteiger partial charge in [-0.15, -0.1) is 10.2 Å². The number of carbonyl (C=O) groups is 1. The Morgan fingerprint density at radius 1 is 1.12 bits per heavy atom. The molecule has 1 amide bonds. The number of halogens is 3. The largest absolute Gasteiger partial charge is 0.435 e. The lowest BCUT2D eigenvalue weighted by Gasteiger charge is -2.08. The highest BCUT2D eigenvalue weighted by atomic mass is 19.4. The van der Waals surface area contributed by atoms with E-state index < -0.39 is 11.9 Å². The van der Waals surface area contributed by atoms with Gasteiger partial charge in [0.2, 0.25) is 5.91 Å². The number of imidazole rings is 1. The van der Waals surface area contributed by atoms with Gasteiger partial charge in [0.25, 0.3) is 0 Å². The van der Waals surface area contributed by atoms with E-state index in [0.717, 1.165) is 0 Å². The number of rotatable bonds is 0. The van der Waals surface area contributed by atoms with Crippen molar-refractivity contribution in [3.63, 3.8) is 0 Å². The molecule has 33 heavy (non-hydrogen) atoms. The fourth-order valence-electron chi connectivity index (χ4n) is 4.13. The smallest absolute Gasteiger partial charge is 0.344 e. The molecule has 0 atom stereocenters. The molecular weight excluding hydrogens is 437 g/mol. The molecule has 1 aliphatic heterocycles. The first-order chi connectivity index (χ1) is 15.9. The van der Waals surface area contributed by atoms with Gasteiger partial charge in [0.1, 0.15) is 17.0 Å². The van der Waals surface area contributed by atoms with Crippen molar-refractivity contribution in [3.8, 4) is 22.5 Å². The molecule has 0 saturated heterocycles. The van der Waals surface area contributed by atoms with Crippen LogP contribution in [0.15, 0.2) is 42.9 Å². The van der Waals surface area contributed by atoms with E-state index in [9.17, 15) is 18.0 Å². The summed E-state index contributed by atoms with van der Waals surface area (Å²) < 4.78 is 44.4. The summed E-state index contributed by atoms with van der Waals surface area (Å²) in [6.45, 7) is 0.155. The molecule has 6 heterocycles. The zero-order chi connectivity index (χ0) is 22.7. The van der Waals surface area contributed by atoms with Gasteiger partial charge in [0.05, 0.1) is 0 Å². The first kappa shape index (κ1) is 19.5. The highest BCUT2D eigenvalue weighted by molar-refractivity contribution is 5.98. The zero-order valence-corrected chi connectivity index (χ0v) is 16.9. The average Bonchev–Trinajstić information content (AvgIpc) is 3.46. The predicted molar refractivity (Wildman–Crippen MR) is 112 cm³/mol. The van der Waals surface area contributed by atoms with Gasteiger partial charge in [-0.1, -0.05) is 6.07 Å². The standard InChI is InChI=1S/C21H15F3N8O/c22-21(23,24)18-13-10-31(30-18)6-3-5-16(33)27-20-17(32-7-2-1-4-15(32)26-20)14-8-11-12(13)9-25-19(11)29-28-14/h1-2,4,7-10H,3,5-6H2,(H,25,29)(H,27,33). The maximum absolute atomic E-state index is 13.8. The minimum absolute atomic E-state index is 0.0624. The molecule has 0 radical (unpaired) electrons. The number of aryl methyl sites for hydroxylation is 1. The van der Waals surface area contributed by atoms with Crippen molar-refractivity contribution in [1.82, 2.24) is 34.3 Å². The van der Waals surface area contributed by atoms with Crippen LogP contribution in [0.4, 0.5) is 19.0 Å². The van der Waals surface area contributed by atoms with Gasteiger partial charge in [-0.25, -0.2) is 4.98 Å². The number of hydrogen-bond donors (Lipinski definition) is 2. The third kappa shape index (κ3) is 3.13. The van der Waals surface area contributed by atoms with E-state index in [0.29, 0.717) is 45.9 Å². The monoisotopic (exact) mass is 452 g/mol. The lowest BCUT2D eigenvalue weighted by Crippen LogP contribution is -2.14. The predicted octanol–water partition coefficient (Wildman–Crippen LogP) is 3.89. The average molecular weight is 452 g/mol. The number of carbonyl (C=O) groups excluding carboxylic acids is 1. The molecular formula is C21H15F3N8O. The molecule has 166 valence electrons. The Hall–Kier alpha value is -4.22. The Balaban J connectivity index is 1.65. The Morgan fingerprint density at radius 2 is 2.00 bits per heavy atom. The lowest BCUT2D eigenvalue weighted by atomic mass is 10.1. The summed E-state index contributed by atoms with van der Waals surface area (Å²) in [5, 5.41) is 15.5. The second-order valence-electron chi connectivity index (χ2n) is 7.74. The van der Waals surface area contributed by atoms with Crippen molar-refractivity contribution in [2.45, 2.75) is 25.6 Å². The number of hydrogen-bond acceptors (Lipinski definition) is 5. The van der Waals surface area contributed by atoms with Gasteiger partial charge in [-0.2, -0.15) is 18.3 Å². The topological polar surface area (TPSA) is 106 Å². The van der Waals surface area contributed by atoms with Crippen LogP contribution in [-0.2, 0) is 17.5 Å². The fourth-order valence-corrected chi connectivity index (χ4v) is 4.13. The third-order valence-electron chi connectivity index (χ3n) is 5.58. The van der Waals surface area contributed by atoms with Gasteiger partial charge in [-0.05, 0) is 24.6 Å². The lowest BCUT2D eigenvalue weighted by molar-refractivity contribution is -0.141. The highest BCUT2D eigenvalue weighted by Gasteiger charge is 2.38. The summed E-state index contributed by atoms with van der Waals surface area (Å²) in [5.74, 6) is 0.000213. The van der Waals surface area contributed by atoms with E-state index in [2.05, 4.69) is 30.6 Å². The fraction of sp³-hybridized carbons (Fsp3) is 0.190. The van der Waals surface area contributed by atoms with E-state index >= 15 is 0 Å². The number of nitrogens with one attached hydrogen (secondary N) is 2. The maximum atomic E-state index is 13.8. The number of aromatic amines is 1. The van der Waals surface area contributed by atoms with Crippen LogP contribution in [0.3, 0.4) is 0 Å². The molecule has 5 aromatic heterocycles. The Bertz CT molecular complexity index is 1540. The second-order valence-corrected chi connectivity index (χ2v) is 7.74. The number of H-pyrrole nitrogens is 1. The second kappa shape index (κ2) is 6.89. The molecule has 0 aliphatic carbocycles. The van der Waals surface area contributed by atoms with Crippen molar-refractivity contribution in [2.75, 3.05) is 5.32 Å². The van der Waals surface area contributed by atoms with Gasteiger partial charge >= 0.3 is 6.18 Å². The minimum atomic E-state index is -4.65. The molecule has 0 spiro atoms. The molecule has 2 N–H and O–H groups in total. The van der Waals surface area contributed by atoms with E-state index in [1.54, 1.807) is 28.8 Å². The Morgan fingerprint density at radius 3 is 2.85 bits per heavy atom. The van der Waals surface area contributed by atoms with Crippen LogP contribution in [-0.4, -0.2) is 40.3 Å². The number of aromatic nitrogens is 7. The van der Waals surface area contributed by atoms with Gasteiger partial charge in [0.15, 0.2) is 17.2 Å². The van der Waals surface area contributed by atoms with Crippen molar-refractivity contribution >= 4 is 28.4 Å². The van der Waals surface area contributed by atoms with Crippen LogP contribution in [0.5, 0.6) is 0 Å². The van der Waals surface area contributed by atoms with Gasteiger partial charge in [0, 0.05) is 48.1 Å². The molecule has 4 bridgehead atoms. The van der Waals surface area contributed by atoms with E-state index in [-0.39, 0.29) is 24.4 Å². The number of fused-ring (bicyclic) bond motifs is 8. The van der Waals surface area contributed by atoms with E-state index in [1.165, 1.54) is 17.1 Å². The number of pyridine rings is 1. The van der Waals surface area contributed by atoms with Crippen LogP contribution >= 0.6 is 0 Å². The van der Waals surface area contributed by atoms with E-state index in [4.69, 9.17) is 0 Å². The number of alkyl halides is 3. The summed E-state index contributed by atoms with van der Waals surface area (Å²) in [4.78, 5) is 20.0. The van der Waals surface area contributed by atoms with E-state index in [1.807, 2.05) is 6.07 Å². The van der Waals surface area contributed by atoms with Crippen LogP contribution in [0.25, 0.3) is 39.2 Å². The Kier molecular flexibility index (Phi) is 4.06. The number of anilines is 1. The summed E-state index contributed by atoms with van der Waals surface area (Å²) in [5.41, 5.74) is 1.03. The molecule has 5 aromatic rings. The van der Waals surface area contributed by atoms with Crippen molar-refractivity contribution < 1.29 is 18.0 Å². The molecule has 1 aliphatic rings. The maximum Gasteiger partial charge on any atom is 0.435 e. The molecule has 0 fully saturated rings. The number of nitrogens with zero attached hydrogens (tertiary/aromatic N) is 6. The van der Waals surface area contributed by atoms with Crippen molar-refractivity contribution in [3.05, 3.63) is 48.5 Å². The highest BCUT2D eigenvalue weighted by Crippen LogP contribution is 2.39. The molecule has 12 heteroatoms. The number of amides is 1. The van der Waals surface area contributed by atoms with Crippen molar-refractivity contribution in [1.29, 1.82) is 0 Å². The normalized spacial score (nSPS) is 14.5. The molecule has 0 unspecified atom stereocenters. The Labute approximate surface area is 183 Å². The SMILES string of the molecule is O=C1CCCn2cc(c(C(F)(F)F)n2)-c2c[nH]c3nnc(cc23)-c2c(nc3ccccn23)N1. The quantitative estimate of drug-likeness (QED) is 0.371. The van der Waals surface area contributed by atoms with Gasteiger partial charge in [-0.3, -0.25) is 13.9 Å². The third-order valence-corrected chi connectivity index (χ3v) is 5.58. The van der Waals surface area contributed by atoms with Crippen LogP contribution < -0.4 is 5.32 Å². The van der Waals surface area contributed by atoms with Crippen molar-refractivity contribution in [2.24, 2.45) is 0 Å². The summed E-state index contributed by atoms with van der Waals surface area (Å²) in [6, 6.07) is 7.04. The molecule has 0 saturated carbocycles. The molecule has 0 aromatic carbocycles. The molecule has 6 rings (SSSR count). The minimum Gasteiger partial charge on any atom is -0.344 e. The summed E-state index contributed by atoms with van der Waals surface area (Å²) in [7, 11) is 0. The first-order valence-corrected chi connectivity index (χ1v) is 10.2. The first-order valence-electron chi connectivity index (χ1n) is 10.2. The van der Waals surface area contributed by atoms with Crippen LogP contribution in [0.2, 0.25) is 0 Å². The molecule has 9 nitrogen and oxygen atoms in total. The summed E-state index contributed by atoms with van der Waals surface area (Å²) in [6.07, 6.45) is 0.349. The van der Waals surface area contributed by atoms with Gasteiger partial charge < -0.3 is 10.3 Å². The van der Waals surface area contributed by atoms with Crippen LogP contribution in [0, 0.1) is 0 Å². The summed E-state index contributed by atoms with van der Waals surface area (Å²) >= 11 is 0.